The van der Waals surface area contributed by atoms with Gasteiger partial charge in [0.05, 0.1) is 19.1 Å². The quantitative estimate of drug-likeness (QED) is 0.0624. The van der Waals surface area contributed by atoms with Crippen molar-refractivity contribution in [1.29, 1.82) is 0 Å². The standard InChI is InChI=1S/C32H47N7O11/c1-17(2)13-21(28(45)35-20(32(49)50)10-11-25(33)41)36-30(47)23(15-26(42)43)38-29(46)22(14-18-7-4-3-5-8-18)37-31(48)24(16-40)39-27(44)19-9-6-12-34-19/h3-5,7-8,17,19-24,34,40H,6,9-16H2,1-2H3,(H2,33,41)(H,35,45)(H,36,47)(H,37,48)(H,38,46)(H,39,44)(H,42,43)(H,49,50)/t19-,20-,21-,22-,23-,24-/m0/s1. The molecule has 0 bridgehead atoms. The number of carboxylic acids is 2. The topological polar surface area (TPSA) is 295 Å². The first-order valence-electron chi connectivity index (χ1n) is 16.2. The Morgan fingerprint density at radius 3 is 1.90 bits per heavy atom. The number of carbonyl (C=O) groups excluding carboxylic acids is 6. The largest absolute Gasteiger partial charge is 0.481 e. The van der Waals surface area contributed by atoms with E-state index in [2.05, 4.69) is 31.9 Å². The number of benzene rings is 1. The number of rotatable bonds is 21. The van der Waals surface area contributed by atoms with Crippen LogP contribution in [0.3, 0.4) is 0 Å². The lowest BCUT2D eigenvalue weighted by Crippen LogP contribution is -2.60. The summed E-state index contributed by atoms with van der Waals surface area (Å²) in [5.41, 5.74) is 5.67. The van der Waals surface area contributed by atoms with Crippen LogP contribution < -0.4 is 37.6 Å². The van der Waals surface area contributed by atoms with Crippen LogP contribution in [0.2, 0.25) is 0 Å². The molecule has 50 heavy (non-hydrogen) atoms. The number of carbonyl (C=O) groups is 8. The summed E-state index contributed by atoms with van der Waals surface area (Å²) in [6.07, 6.45) is -0.437. The first-order valence-corrected chi connectivity index (χ1v) is 16.2. The summed E-state index contributed by atoms with van der Waals surface area (Å²) < 4.78 is 0. The molecule has 18 heteroatoms. The highest BCUT2D eigenvalue weighted by Gasteiger charge is 2.34. The number of aliphatic carboxylic acids is 2. The van der Waals surface area contributed by atoms with Crippen molar-refractivity contribution in [2.24, 2.45) is 11.7 Å². The lowest BCUT2D eigenvalue weighted by atomic mass is 10.0. The molecular formula is C32H47N7O11. The molecule has 1 saturated heterocycles. The van der Waals surface area contributed by atoms with Crippen LogP contribution in [0.4, 0.5) is 0 Å². The van der Waals surface area contributed by atoms with E-state index in [1.165, 1.54) is 0 Å². The van der Waals surface area contributed by atoms with Gasteiger partial charge in [-0.2, -0.15) is 0 Å². The monoisotopic (exact) mass is 705 g/mol. The van der Waals surface area contributed by atoms with Crippen molar-refractivity contribution in [2.75, 3.05) is 13.2 Å². The summed E-state index contributed by atoms with van der Waals surface area (Å²) in [4.78, 5) is 101. The number of amides is 6. The third-order valence-electron chi connectivity index (χ3n) is 7.75. The number of carboxylic acid groups (broad SMARTS) is 2. The summed E-state index contributed by atoms with van der Waals surface area (Å²) in [6, 6.07) is 0.368. The normalized spacial score (nSPS) is 16.9. The Kier molecular flexibility index (Phi) is 16.8. The zero-order valence-electron chi connectivity index (χ0n) is 28.0. The van der Waals surface area contributed by atoms with Crippen molar-refractivity contribution in [2.45, 2.75) is 95.0 Å². The highest BCUT2D eigenvalue weighted by Crippen LogP contribution is 2.10. The third-order valence-corrected chi connectivity index (χ3v) is 7.75. The fraction of sp³-hybridized carbons (Fsp3) is 0.562. The van der Waals surface area contributed by atoms with Crippen LogP contribution in [0.25, 0.3) is 0 Å². The predicted octanol–water partition coefficient (Wildman–Crippen LogP) is -2.73. The van der Waals surface area contributed by atoms with Crippen LogP contribution in [-0.4, -0.2) is 112 Å². The second-order valence-electron chi connectivity index (χ2n) is 12.4. The second kappa shape index (κ2) is 20.4. The van der Waals surface area contributed by atoms with Gasteiger partial charge in [0.25, 0.3) is 0 Å². The Labute approximate surface area is 288 Å². The van der Waals surface area contributed by atoms with Gasteiger partial charge in [0.2, 0.25) is 35.4 Å². The molecule has 0 saturated carbocycles. The molecule has 2 rings (SSSR count). The number of hydrogen-bond donors (Lipinski definition) is 10. The van der Waals surface area contributed by atoms with E-state index in [0.29, 0.717) is 18.5 Å². The van der Waals surface area contributed by atoms with E-state index in [1.807, 2.05) is 0 Å². The van der Waals surface area contributed by atoms with Crippen molar-refractivity contribution in [3.05, 3.63) is 35.9 Å². The van der Waals surface area contributed by atoms with Gasteiger partial charge in [0.1, 0.15) is 30.2 Å². The van der Waals surface area contributed by atoms with E-state index in [0.717, 1.165) is 6.42 Å². The number of hydrogen-bond acceptors (Lipinski definition) is 10. The zero-order chi connectivity index (χ0) is 37.4. The van der Waals surface area contributed by atoms with Gasteiger partial charge in [0, 0.05) is 12.8 Å². The summed E-state index contributed by atoms with van der Waals surface area (Å²) in [6.45, 7) is 3.25. The molecule has 1 aliphatic rings. The number of nitrogens with two attached hydrogens (primary N) is 1. The minimum atomic E-state index is -1.76. The smallest absolute Gasteiger partial charge is 0.326 e. The molecule has 1 aromatic rings. The molecule has 0 radical (unpaired) electrons. The molecule has 1 heterocycles. The molecule has 0 unspecified atom stereocenters. The second-order valence-corrected chi connectivity index (χ2v) is 12.4. The van der Waals surface area contributed by atoms with Crippen molar-refractivity contribution >= 4 is 47.4 Å². The van der Waals surface area contributed by atoms with Gasteiger partial charge in [-0.1, -0.05) is 44.2 Å². The third kappa shape index (κ3) is 14.2. The molecule has 0 aliphatic carbocycles. The Morgan fingerprint density at radius 1 is 0.800 bits per heavy atom. The van der Waals surface area contributed by atoms with Crippen molar-refractivity contribution in [3.63, 3.8) is 0 Å². The molecule has 6 atom stereocenters. The van der Waals surface area contributed by atoms with Gasteiger partial charge < -0.3 is 53.0 Å². The van der Waals surface area contributed by atoms with Crippen LogP contribution in [0.15, 0.2) is 30.3 Å². The minimum absolute atomic E-state index is 0.00912. The molecule has 276 valence electrons. The highest BCUT2D eigenvalue weighted by atomic mass is 16.4. The van der Waals surface area contributed by atoms with Crippen LogP contribution in [0.5, 0.6) is 0 Å². The average Bonchev–Trinajstić information content (AvgIpc) is 3.59. The van der Waals surface area contributed by atoms with Gasteiger partial charge in [0.15, 0.2) is 0 Å². The fourth-order valence-corrected chi connectivity index (χ4v) is 5.15. The van der Waals surface area contributed by atoms with Gasteiger partial charge in [-0.15, -0.1) is 0 Å². The van der Waals surface area contributed by atoms with Gasteiger partial charge in [-0.3, -0.25) is 33.6 Å². The van der Waals surface area contributed by atoms with Crippen molar-refractivity contribution in [1.82, 2.24) is 31.9 Å². The Balaban J connectivity index is 2.27. The molecule has 1 aliphatic heterocycles. The Hall–Kier alpha value is -5.10. The maximum absolute atomic E-state index is 13.6. The fourth-order valence-electron chi connectivity index (χ4n) is 5.15. The number of aliphatic hydroxyl groups excluding tert-OH is 1. The predicted molar refractivity (Wildman–Crippen MR) is 176 cm³/mol. The van der Waals surface area contributed by atoms with Crippen LogP contribution in [0, 0.1) is 5.92 Å². The zero-order valence-corrected chi connectivity index (χ0v) is 28.0. The summed E-state index contributed by atoms with van der Waals surface area (Å²) in [7, 11) is 0. The summed E-state index contributed by atoms with van der Waals surface area (Å²) in [5, 5.41) is 43.8. The van der Waals surface area contributed by atoms with E-state index in [-0.39, 0.29) is 31.6 Å². The molecule has 0 aromatic heterocycles. The average molecular weight is 706 g/mol. The molecule has 6 amide bonds. The van der Waals surface area contributed by atoms with Gasteiger partial charge >= 0.3 is 11.9 Å². The van der Waals surface area contributed by atoms with E-state index >= 15 is 0 Å². The van der Waals surface area contributed by atoms with E-state index < -0.39 is 96.7 Å². The number of nitrogens with one attached hydrogen (secondary N) is 6. The van der Waals surface area contributed by atoms with Crippen LogP contribution in [0.1, 0.15) is 57.9 Å². The first-order chi connectivity index (χ1) is 23.6. The SMILES string of the molecule is CC(C)C[C@H](NC(=O)[C@H](CC(=O)O)NC(=O)[C@H](Cc1ccccc1)NC(=O)[C@H](CO)NC(=O)[C@@H]1CCCN1)C(=O)N[C@@H](CCC(N)=O)C(=O)O. The van der Waals surface area contributed by atoms with Crippen molar-refractivity contribution < 1.29 is 53.7 Å². The maximum atomic E-state index is 13.6. The Morgan fingerprint density at radius 2 is 1.36 bits per heavy atom. The molecule has 18 nitrogen and oxygen atoms in total. The van der Waals surface area contributed by atoms with E-state index in [1.54, 1.807) is 44.2 Å². The Bertz CT molecular complexity index is 1370. The molecular weight excluding hydrogens is 658 g/mol. The highest BCUT2D eigenvalue weighted by molar-refractivity contribution is 5.97. The molecule has 1 fully saturated rings. The van der Waals surface area contributed by atoms with Gasteiger partial charge in [-0.25, -0.2) is 4.79 Å². The summed E-state index contributed by atoms with van der Waals surface area (Å²) >= 11 is 0. The first kappa shape index (κ1) is 41.1. The van der Waals surface area contributed by atoms with Gasteiger partial charge in [-0.05, 0) is 43.7 Å². The lowest BCUT2D eigenvalue weighted by molar-refractivity contribution is -0.143. The van der Waals surface area contributed by atoms with Crippen LogP contribution >= 0.6 is 0 Å². The maximum Gasteiger partial charge on any atom is 0.326 e. The molecule has 1 aromatic carbocycles. The van der Waals surface area contributed by atoms with Crippen LogP contribution in [-0.2, 0) is 44.8 Å². The minimum Gasteiger partial charge on any atom is -0.481 e. The van der Waals surface area contributed by atoms with Crippen molar-refractivity contribution in [3.8, 4) is 0 Å². The van der Waals surface area contributed by atoms with E-state index in [9.17, 15) is 53.7 Å². The molecule has 11 N–H and O–H groups in total. The van der Waals surface area contributed by atoms with E-state index in [4.69, 9.17) is 5.73 Å². The summed E-state index contributed by atoms with van der Waals surface area (Å²) in [5.74, 6) is -8.36. The number of aliphatic hydroxyl groups is 1. The lowest BCUT2D eigenvalue weighted by Gasteiger charge is -2.27. The molecule has 0 spiro atoms. The number of primary amides is 1.